The third-order valence-electron chi connectivity index (χ3n) is 4.90. The molecule has 0 radical (unpaired) electrons. The molecule has 0 aromatic carbocycles. The van der Waals surface area contributed by atoms with Crippen LogP contribution in [0.25, 0.3) is 0 Å². The van der Waals surface area contributed by atoms with Crippen molar-refractivity contribution in [3.8, 4) is 5.75 Å². The van der Waals surface area contributed by atoms with Crippen LogP contribution >= 0.6 is 0 Å². The van der Waals surface area contributed by atoms with Crippen LogP contribution in [-0.2, 0) is 0 Å². The molecule has 126 valence electrons. The van der Waals surface area contributed by atoms with Gasteiger partial charge in [-0.2, -0.15) is 0 Å². The molecule has 0 N–H and O–H groups in total. The number of nitrogens with zero attached hydrogens (tertiary/aromatic N) is 1. The first-order valence-electron chi connectivity index (χ1n) is 9.14. The molecule has 0 unspecified atom stereocenters. The molecule has 1 aromatic heterocycles. The van der Waals surface area contributed by atoms with Gasteiger partial charge in [0.15, 0.2) is 0 Å². The second-order valence-corrected chi connectivity index (χ2v) is 19.8. The topological polar surface area (TPSA) is 22.1 Å². The van der Waals surface area contributed by atoms with E-state index in [1.54, 1.807) is 10.7 Å². The van der Waals surface area contributed by atoms with E-state index in [9.17, 15) is 0 Å². The Bertz CT molecular complexity index is 412. The molecule has 0 aliphatic heterocycles. The first kappa shape index (κ1) is 19.8. The van der Waals surface area contributed by atoms with Crippen molar-refractivity contribution >= 4 is 22.0 Å². The zero-order chi connectivity index (χ0) is 16.4. The average Bonchev–Trinajstić information content (AvgIpc) is 2.55. The fraction of sp³-hybridized carbons (Fsp3) is 0.737. The van der Waals surface area contributed by atoms with E-state index >= 15 is 0 Å². The predicted molar refractivity (Wildman–Crippen MR) is 100 cm³/mol. The van der Waals surface area contributed by atoms with Crippen LogP contribution in [0.1, 0.15) is 65.0 Å². The van der Waals surface area contributed by atoms with Gasteiger partial charge in [-0.25, -0.2) is 0 Å². The fourth-order valence-electron chi connectivity index (χ4n) is 3.36. The molecular formula is C19H35NOSn. The van der Waals surface area contributed by atoms with Crippen LogP contribution < -0.4 is 8.32 Å². The molecule has 2 nitrogen and oxygen atoms in total. The van der Waals surface area contributed by atoms with Crippen LogP contribution in [0.3, 0.4) is 0 Å². The Labute approximate surface area is 141 Å². The molecule has 0 aliphatic rings. The Kier molecular flexibility index (Phi) is 9.46. The summed E-state index contributed by atoms with van der Waals surface area (Å²) >= 11 is -2.34. The number of rotatable bonds is 11. The van der Waals surface area contributed by atoms with Crippen LogP contribution in [0.4, 0.5) is 0 Å². The number of methoxy groups -OCH3 is 1. The van der Waals surface area contributed by atoms with Gasteiger partial charge in [0.2, 0.25) is 0 Å². The average molecular weight is 412 g/mol. The molecule has 3 heteroatoms. The van der Waals surface area contributed by atoms with E-state index in [0.717, 1.165) is 11.4 Å². The molecular weight excluding hydrogens is 377 g/mol. The van der Waals surface area contributed by atoms with E-state index in [-0.39, 0.29) is 0 Å². The first-order valence-corrected chi connectivity index (χ1v) is 16.6. The number of unbranched alkanes of at least 4 members (excludes halogenated alkanes) is 3. The Morgan fingerprint density at radius 3 is 1.86 bits per heavy atom. The second kappa shape index (κ2) is 10.5. The van der Waals surface area contributed by atoms with Crippen LogP contribution in [0.5, 0.6) is 5.75 Å². The van der Waals surface area contributed by atoms with Crippen molar-refractivity contribution in [3.05, 3.63) is 18.0 Å². The number of ether oxygens (including phenoxy) is 1. The van der Waals surface area contributed by atoms with Gasteiger partial charge in [-0.1, -0.05) is 0 Å². The van der Waals surface area contributed by atoms with E-state index in [2.05, 4.69) is 38.0 Å². The van der Waals surface area contributed by atoms with Crippen molar-refractivity contribution in [1.82, 2.24) is 4.98 Å². The molecule has 0 saturated carbocycles. The quantitative estimate of drug-likeness (QED) is 0.451. The molecule has 1 heterocycles. The summed E-state index contributed by atoms with van der Waals surface area (Å²) in [6.07, 6.45) is 10.3. The number of aromatic nitrogens is 1. The van der Waals surface area contributed by atoms with E-state index < -0.39 is 18.4 Å². The molecule has 22 heavy (non-hydrogen) atoms. The Morgan fingerprint density at radius 1 is 0.955 bits per heavy atom. The Morgan fingerprint density at radius 2 is 1.45 bits per heavy atom. The molecule has 0 bridgehead atoms. The summed E-state index contributed by atoms with van der Waals surface area (Å²) in [5, 5.41) is 0. The summed E-state index contributed by atoms with van der Waals surface area (Å²) in [5.41, 5.74) is 1.02. The third-order valence-corrected chi connectivity index (χ3v) is 20.4. The van der Waals surface area contributed by atoms with Crippen LogP contribution in [0, 0.1) is 6.92 Å². The standard InChI is InChI=1S/C7H8NO.3C4H9.Sn/c1-6-7(9-2)4-3-5-8-6;3*1-3-4-2;/h4-5H,1-2H3;3*1,3-4H2,2H3;. The van der Waals surface area contributed by atoms with Gasteiger partial charge in [0.25, 0.3) is 0 Å². The molecule has 1 rings (SSSR count). The minimum absolute atomic E-state index is 0.989. The van der Waals surface area contributed by atoms with E-state index in [0.29, 0.717) is 0 Å². The Hall–Kier alpha value is -0.251. The maximum atomic E-state index is 5.57. The molecule has 0 spiro atoms. The fourth-order valence-corrected chi connectivity index (χ4v) is 19.0. The summed E-state index contributed by atoms with van der Waals surface area (Å²) in [4.78, 5) is 4.67. The monoisotopic (exact) mass is 413 g/mol. The van der Waals surface area contributed by atoms with Gasteiger partial charge in [-0.3, -0.25) is 0 Å². The zero-order valence-corrected chi connectivity index (χ0v) is 18.2. The summed E-state index contributed by atoms with van der Waals surface area (Å²) in [6.45, 7) is 9.02. The van der Waals surface area contributed by atoms with E-state index in [4.69, 9.17) is 4.74 Å². The molecule has 1 aromatic rings. The molecule has 0 atom stereocenters. The summed E-state index contributed by atoms with van der Waals surface area (Å²) in [6, 6.07) is 2.35. The zero-order valence-electron chi connectivity index (χ0n) is 15.4. The van der Waals surface area contributed by atoms with Crippen molar-refractivity contribution in [2.75, 3.05) is 7.11 Å². The van der Waals surface area contributed by atoms with Gasteiger partial charge in [-0.15, -0.1) is 0 Å². The number of aryl methyl sites for hydroxylation is 1. The van der Waals surface area contributed by atoms with Gasteiger partial charge in [0, 0.05) is 0 Å². The van der Waals surface area contributed by atoms with Gasteiger partial charge in [0.1, 0.15) is 0 Å². The van der Waals surface area contributed by atoms with E-state index in [1.807, 2.05) is 6.92 Å². The number of pyridine rings is 1. The summed E-state index contributed by atoms with van der Waals surface area (Å²) < 4.78 is 11.6. The predicted octanol–water partition coefficient (Wildman–Crippen LogP) is 5.45. The number of hydrogen-bond acceptors (Lipinski definition) is 2. The summed E-state index contributed by atoms with van der Waals surface area (Å²) in [7, 11) is 1.77. The maximum absolute atomic E-state index is 5.57. The normalized spacial score (nSPS) is 11.7. The molecule has 0 saturated heterocycles. The van der Waals surface area contributed by atoms with Crippen LogP contribution in [0.2, 0.25) is 13.3 Å². The van der Waals surface area contributed by atoms with Crippen molar-refractivity contribution < 1.29 is 4.74 Å². The first-order chi connectivity index (χ1) is 10.6. The molecule has 0 fully saturated rings. The molecule has 0 amide bonds. The Balaban J connectivity index is 3.18. The van der Waals surface area contributed by atoms with Gasteiger partial charge in [-0.05, 0) is 0 Å². The SMILES string of the molecule is CCC[CH2][Sn]([CH2]CCC)([CH2]CCC)[c]1cnc(C)c(OC)c1. The number of hydrogen-bond donors (Lipinski definition) is 0. The van der Waals surface area contributed by atoms with Gasteiger partial charge in [0.05, 0.1) is 0 Å². The second-order valence-electron chi connectivity index (χ2n) is 6.60. The van der Waals surface area contributed by atoms with Crippen LogP contribution in [0.15, 0.2) is 12.3 Å². The van der Waals surface area contributed by atoms with Crippen molar-refractivity contribution in [2.45, 2.75) is 79.5 Å². The molecule has 0 aliphatic carbocycles. The van der Waals surface area contributed by atoms with Gasteiger partial charge >= 0.3 is 142 Å². The van der Waals surface area contributed by atoms with Gasteiger partial charge < -0.3 is 0 Å². The third kappa shape index (κ3) is 5.43. The van der Waals surface area contributed by atoms with Crippen LogP contribution in [-0.4, -0.2) is 30.5 Å². The van der Waals surface area contributed by atoms with Crippen molar-refractivity contribution in [2.24, 2.45) is 0 Å². The summed E-state index contributed by atoms with van der Waals surface area (Å²) in [5.74, 6) is 0.989. The van der Waals surface area contributed by atoms with Crippen molar-refractivity contribution in [1.29, 1.82) is 0 Å². The minimum atomic E-state index is -2.34. The van der Waals surface area contributed by atoms with Crippen molar-refractivity contribution in [3.63, 3.8) is 0 Å². The van der Waals surface area contributed by atoms with E-state index in [1.165, 1.54) is 51.8 Å².